The van der Waals surface area contributed by atoms with E-state index in [0.717, 1.165) is 22.5 Å². The smallest absolute Gasteiger partial charge is 0.414 e. The summed E-state index contributed by atoms with van der Waals surface area (Å²) in [7, 11) is 0. The standard InChI is InChI=1S/C20H17N3O4/c24-15-8-4-5-13(9-15)11-23-12-21-18(14-6-2-1-3-7-14)16(23)10-17-19(25)22-20(26)27-17/h1-9,12,17,24H,10-11H2,(H,22,25,26). The molecule has 2 amide bonds. The van der Waals surface area contributed by atoms with Crippen molar-refractivity contribution >= 4 is 12.0 Å². The number of imide groups is 1. The fraction of sp³-hybridized carbons (Fsp3) is 0.150. The zero-order chi connectivity index (χ0) is 18.8. The lowest BCUT2D eigenvalue weighted by molar-refractivity contribution is -0.123. The number of hydrogen-bond acceptors (Lipinski definition) is 5. The number of nitrogens with zero attached hydrogens (tertiary/aromatic N) is 2. The minimum absolute atomic E-state index is 0.182. The predicted octanol–water partition coefficient (Wildman–Crippen LogP) is 2.48. The molecule has 1 saturated heterocycles. The summed E-state index contributed by atoms with van der Waals surface area (Å²) in [6.45, 7) is 0.464. The van der Waals surface area contributed by atoms with E-state index in [0.29, 0.717) is 6.54 Å². The van der Waals surface area contributed by atoms with Crippen molar-refractivity contribution < 1.29 is 19.4 Å². The van der Waals surface area contributed by atoms with Crippen LogP contribution in [0.1, 0.15) is 11.3 Å². The number of carbonyl (C=O) groups is 2. The Bertz CT molecular complexity index is 997. The molecule has 1 aliphatic rings. The van der Waals surface area contributed by atoms with E-state index in [2.05, 4.69) is 10.3 Å². The number of carbonyl (C=O) groups excluding carboxylic acids is 2. The maximum atomic E-state index is 12.0. The van der Waals surface area contributed by atoms with Gasteiger partial charge in [-0.05, 0) is 17.7 Å². The second kappa shape index (κ2) is 6.95. The summed E-state index contributed by atoms with van der Waals surface area (Å²) in [5.41, 5.74) is 3.30. The van der Waals surface area contributed by atoms with Crippen LogP contribution in [0.25, 0.3) is 11.3 Å². The van der Waals surface area contributed by atoms with Crippen molar-refractivity contribution in [1.29, 1.82) is 0 Å². The summed E-state index contributed by atoms with van der Waals surface area (Å²) in [4.78, 5) is 27.8. The van der Waals surface area contributed by atoms with Gasteiger partial charge in [-0.1, -0.05) is 42.5 Å². The number of cyclic esters (lactones) is 1. The monoisotopic (exact) mass is 363 g/mol. The lowest BCUT2D eigenvalue weighted by Gasteiger charge is -2.13. The average Bonchev–Trinajstić information content (AvgIpc) is 3.19. The molecule has 0 spiro atoms. The van der Waals surface area contributed by atoms with Crippen LogP contribution in [-0.4, -0.2) is 32.8 Å². The summed E-state index contributed by atoms with van der Waals surface area (Å²) in [5, 5.41) is 11.9. The Morgan fingerprint density at radius 1 is 1.11 bits per heavy atom. The lowest BCUT2D eigenvalue weighted by atomic mass is 10.1. The predicted molar refractivity (Wildman–Crippen MR) is 97.0 cm³/mol. The van der Waals surface area contributed by atoms with Gasteiger partial charge >= 0.3 is 6.09 Å². The summed E-state index contributed by atoms with van der Waals surface area (Å²) < 4.78 is 6.98. The van der Waals surface area contributed by atoms with Crippen LogP contribution in [0.2, 0.25) is 0 Å². The van der Waals surface area contributed by atoms with E-state index in [1.807, 2.05) is 41.0 Å². The molecule has 27 heavy (non-hydrogen) atoms. The molecule has 136 valence electrons. The minimum atomic E-state index is -0.889. The average molecular weight is 363 g/mol. The quantitative estimate of drug-likeness (QED) is 0.726. The molecule has 1 aliphatic heterocycles. The third kappa shape index (κ3) is 3.52. The van der Waals surface area contributed by atoms with Crippen molar-refractivity contribution in [2.75, 3.05) is 0 Å². The lowest BCUT2D eigenvalue weighted by Crippen LogP contribution is -2.27. The first-order valence-electron chi connectivity index (χ1n) is 8.49. The van der Waals surface area contributed by atoms with Crippen molar-refractivity contribution in [3.8, 4) is 17.0 Å². The molecule has 2 N–H and O–H groups in total. The Morgan fingerprint density at radius 3 is 2.63 bits per heavy atom. The number of nitrogens with one attached hydrogen (secondary N) is 1. The molecule has 7 heteroatoms. The van der Waals surface area contributed by atoms with Gasteiger partial charge in [0.05, 0.1) is 12.0 Å². The van der Waals surface area contributed by atoms with E-state index in [1.54, 1.807) is 24.5 Å². The van der Waals surface area contributed by atoms with Gasteiger partial charge in [-0.3, -0.25) is 10.1 Å². The first-order valence-corrected chi connectivity index (χ1v) is 8.49. The number of phenolic OH excluding ortho intramolecular Hbond substituents is 1. The van der Waals surface area contributed by atoms with E-state index in [9.17, 15) is 14.7 Å². The normalized spacial score (nSPS) is 16.2. The Morgan fingerprint density at radius 2 is 1.93 bits per heavy atom. The van der Waals surface area contributed by atoms with Gasteiger partial charge in [0.15, 0.2) is 6.10 Å². The number of benzene rings is 2. The summed E-state index contributed by atoms with van der Waals surface area (Å²) in [6.07, 6.45) is 0.279. The molecule has 4 rings (SSSR count). The summed E-state index contributed by atoms with van der Waals surface area (Å²) in [6, 6.07) is 16.6. The summed E-state index contributed by atoms with van der Waals surface area (Å²) >= 11 is 0. The maximum absolute atomic E-state index is 12.0. The highest BCUT2D eigenvalue weighted by Crippen LogP contribution is 2.26. The van der Waals surface area contributed by atoms with Crippen molar-refractivity contribution in [1.82, 2.24) is 14.9 Å². The van der Waals surface area contributed by atoms with Crippen molar-refractivity contribution in [3.05, 3.63) is 72.2 Å². The number of aromatic hydroxyl groups is 1. The number of ether oxygens (including phenoxy) is 1. The zero-order valence-electron chi connectivity index (χ0n) is 14.3. The van der Waals surface area contributed by atoms with E-state index >= 15 is 0 Å². The van der Waals surface area contributed by atoms with Gasteiger partial charge in [-0.15, -0.1) is 0 Å². The van der Waals surface area contributed by atoms with Crippen LogP contribution >= 0.6 is 0 Å². The number of rotatable bonds is 5. The Kier molecular flexibility index (Phi) is 4.33. The number of imidazole rings is 1. The van der Waals surface area contributed by atoms with Gasteiger partial charge in [0, 0.05) is 24.2 Å². The van der Waals surface area contributed by atoms with Gasteiger partial charge in [-0.2, -0.15) is 0 Å². The third-order valence-corrected chi connectivity index (χ3v) is 4.40. The van der Waals surface area contributed by atoms with Gasteiger partial charge in [0.1, 0.15) is 5.75 Å². The molecule has 1 aromatic heterocycles. The largest absolute Gasteiger partial charge is 0.508 e. The molecule has 2 aromatic carbocycles. The van der Waals surface area contributed by atoms with Crippen LogP contribution in [0.5, 0.6) is 5.75 Å². The first kappa shape index (κ1) is 16.8. The molecule has 7 nitrogen and oxygen atoms in total. The number of amides is 2. The fourth-order valence-electron chi connectivity index (χ4n) is 3.15. The molecule has 1 atom stereocenters. The van der Waals surface area contributed by atoms with Crippen LogP contribution in [0.4, 0.5) is 4.79 Å². The maximum Gasteiger partial charge on any atom is 0.414 e. The second-order valence-electron chi connectivity index (χ2n) is 6.29. The SMILES string of the molecule is O=C1NC(=O)C(Cc2c(-c3ccccc3)ncn2Cc2cccc(O)c2)O1. The van der Waals surface area contributed by atoms with Crippen molar-refractivity contribution in [2.24, 2.45) is 0 Å². The molecule has 1 fully saturated rings. The van der Waals surface area contributed by atoms with Gasteiger partial charge in [-0.25, -0.2) is 9.78 Å². The molecular weight excluding hydrogens is 346 g/mol. The van der Waals surface area contributed by atoms with Gasteiger partial charge in [0.2, 0.25) is 0 Å². The highest BCUT2D eigenvalue weighted by molar-refractivity contribution is 6.00. The van der Waals surface area contributed by atoms with E-state index in [4.69, 9.17) is 4.74 Å². The van der Waals surface area contributed by atoms with Crippen LogP contribution in [0, 0.1) is 0 Å². The number of alkyl carbamates (subject to hydrolysis) is 1. The van der Waals surface area contributed by atoms with Crippen LogP contribution in [-0.2, 0) is 22.5 Å². The molecule has 0 saturated carbocycles. The van der Waals surface area contributed by atoms with E-state index in [-0.39, 0.29) is 12.2 Å². The Hall–Kier alpha value is -3.61. The second-order valence-corrected chi connectivity index (χ2v) is 6.29. The van der Waals surface area contributed by atoms with Crippen LogP contribution in [0.15, 0.2) is 60.9 Å². The van der Waals surface area contributed by atoms with Crippen LogP contribution < -0.4 is 5.32 Å². The fourth-order valence-corrected chi connectivity index (χ4v) is 3.15. The number of aromatic nitrogens is 2. The molecule has 0 radical (unpaired) electrons. The first-order chi connectivity index (χ1) is 13.1. The third-order valence-electron chi connectivity index (χ3n) is 4.40. The van der Waals surface area contributed by atoms with Crippen LogP contribution in [0.3, 0.4) is 0 Å². The number of phenols is 1. The molecule has 0 bridgehead atoms. The molecule has 3 aromatic rings. The topological polar surface area (TPSA) is 93.5 Å². The van der Waals surface area contributed by atoms with Crippen molar-refractivity contribution in [2.45, 2.75) is 19.1 Å². The highest BCUT2D eigenvalue weighted by atomic mass is 16.6. The van der Waals surface area contributed by atoms with Gasteiger partial charge in [0.25, 0.3) is 5.91 Å². The highest BCUT2D eigenvalue weighted by Gasteiger charge is 2.34. The van der Waals surface area contributed by atoms with E-state index in [1.165, 1.54) is 0 Å². The van der Waals surface area contributed by atoms with Crippen molar-refractivity contribution in [3.63, 3.8) is 0 Å². The zero-order valence-corrected chi connectivity index (χ0v) is 14.3. The Balaban J connectivity index is 1.71. The van der Waals surface area contributed by atoms with Gasteiger partial charge < -0.3 is 14.4 Å². The summed E-state index contributed by atoms with van der Waals surface area (Å²) in [5.74, 6) is -0.273. The molecular formula is C20H17N3O4. The molecule has 1 unspecified atom stereocenters. The Labute approximate surface area is 155 Å². The van der Waals surface area contributed by atoms with E-state index < -0.39 is 18.1 Å². The minimum Gasteiger partial charge on any atom is -0.508 e. The molecule has 0 aliphatic carbocycles. The number of hydrogen-bond donors (Lipinski definition) is 2. The molecule has 2 heterocycles.